The van der Waals surface area contributed by atoms with Crippen molar-refractivity contribution in [1.82, 2.24) is 0 Å². The molecule has 0 fully saturated rings. The first-order valence-corrected chi connectivity index (χ1v) is 5.62. The molecule has 1 aliphatic rings. The molecule has 1 aromatic carbocycles. The summed E-state index contributed by atoms with van der Waals surface area (Å²) in [5.74, 6) is -0.188. The quantitative estimate of drug-likeness (QED) is 0.565. The average molecular weight is 220 g/mol. The van der Waals surface area contributed by atoms with E-state index < -0.39 is 0 Å². The molecular formula is C13H16O3. The van der Waals surface area contributed by atoms with Gasteiger partial charge in [0.1, 0.15) is 6.10 Å². The van der Waals surface area contributed by atoms with Crippen LogP contribution in [0.2, 0.25) is 0 Å². The number of hydrogen-bond acceptors (Lipinski definition) is 3. The molecule has 3 heteroatoms. The van der Waals surface area contributed by atoms with Gasteiger partial charge in [0, 0.05) is 19.3 Å². The molecule has 0 bridgehead atoms. The topological polar surface area (TPSA) is 35.5 Å². The second-order valence-corrected chi connectivity index (χ2v) is 3.97. The molecule has 86 valence electrons. The Morgan fingerprint density at radius 3 is 2.94 bits per heavy atom. The van der Waals surface area contributed by atoms with Gasteiger partial charge in [0.15, 0.2) is 0 Å². The van der Waals surface area contributed by atoms with Gasteiger partial charge < -0.3 is 9.47 Å². The SMILES string of the molecule is COCCCCC1OC(=O)c2ccccc21. The third-order valence-corrected chi connectivity index (χ3v) is 2.84. The van der Waals surface area contributed by atoms with Gasteiger partial charge in [-0.15, -0.1) is 0 Å². The van der Waals surface area contributed by atoms with Crippen molar-refractivity contribution in [2.45, 2.75) is 25.4 Å². The van der Waals surface area contributed by atoms with E-state index in [4.69, 9.17) is 9.47 Å². The molecule has 1 atom stereocenters. The van der Waals surface area contributed by atoms with E-state index in [1.807, 2.05) is 24.3 Å². The van der Waals surface area contributed by atoms with Crippen molar-refractivity contribution < 1.29 is 14.3 Å². The lowest BCUT2D eigenvalue weighted by molar-refractivity contribution is 0.0359. The van der Waals surface area contributed by atoms with Crippen molar-refractivity contribution in [3.63, 3.8) is 0 Å². The Morgan fingerprint density at radius 2 is 2.12 bits per heavy atom. The Kier molecular flexibility index (Phi) is 3.57. The van der Waals surface area contributed by atoms with Crippen molar-refractivity contribution in [3.8, 4) is 0 Å². The van der Waals surface area contributed by atoms with Gasteiger partial charge in [0.25, 0.3) is 0 Å². The molecule has 1 unspecified atom stereocenters. The molecule has 0 amide bonds. The second-order valence-electron chi connectivity index (χ2n) is 3.97. The van der Waals surface area contributed by atoms with Crippen LogP contribution in [0, 0.1) is 0 Å². The number of carbonyl (C=O) groups is 1. The largest absolute Gasteiger partial charge is 0.454 e. The molecule has 16 heavy (non-hydrogen) atoms. The third kappa shape index (κ3) is 2.25. The predicted molar refractivity (Wildman–Crippen MR) is 60.3 cm³/mol. The molecule has 1 aromatic rings. The molecule has 1 aliphatic heterocycles. The number of unbranched alkanes of at least 4 members (excludes halogenated alkanes) is 1. The molecule has 0 saturated heterocycles. The Labute approximate surface area is 95.4 Å². The monoisotopic (exact) mass is 220 g/mol. The zero-order valence-corrected chi connectivity index (χ0v) is 9.44. The fraction of sp³-hybridized carbons (Fsp3) is 0.462. The van der Waals surface area contributed by atoms with Crippen molar-refractivity contribution in [3.05, 3.63) is 35.4 Å². The van der Waals surface area contributed by atoms with Crippen LogP contribution < -0.4 is 0 Å². The minimum absolute atomic E-state index is 0.0550. The molecule has 0 spiro atoms. The second kappa shape index (κ2) is 5.12. The number of methoxy groups -OCH3 is 1. The molecular weight excluding hydrogens is 204 g/mol. The molecule has 0 aromatic heterocycles. The fourth-order valence-electron chi connectivity index (χ4n) is 2.01. The normalized spacial score (nSPS) is 18.3. The van der Waals surface area contributed by atoms with Crippen LogP contribution in [-0.4, -0.2) is 19.7 Å². The summed E-state index contributed by atoms with van der Waals surface area (Å²) in [4.78, 5) is 11.5. The van der Waals surface area contributed by atoms with Gasteiger partial charge in [0.05, 0.1) is 5.56 Å². The number of rotatable bonds is 5. The summed E-state index contributed by atoms with van der Waals surface area (Å²) in [7, 11) is 1.70. The van der Waals surface area contributed by atoms with Gasteiger partial charge in [-0.05, 0) is 25.3 Å². The number of hydrogen-bond donors (Lipinski definition) is 0. The summed E-state index contributed by atoms with van der Waals surface area (Å²) >= 11 is 0. The molecule has 0 N–H and O–H groups in total. The number of fused-ring (bicyclic) bond motifs is 1. The number of ether oxygens (including phenoxy) is 2. The predicted octanol–water partition coefficient (Wildman–Crippen LogP) is 2.71. The molecule has 0 radical (unpaired) electrons. The van der Waals surface area contributed by atoms with E-state index in [0.29, 0.717) is 0 Å². The van der Waals surface area contributed by atoms with E-state index in [1.165, 1.54) is 0 Å². The Bertz CT molecular complexity index is 373. The van der Waals surface area contributed by atoms with Crippen LogP contribution in [0.3, 0.4) is 0 Å². The summed E-state index contributed by atoms with van der Waals surface area (Å²) in [6.45, 7) is 0.766. The first kappa shape index (κ1) is 11.1. The third-order valence-electron chi connectivity index (χ3n) is 2.84. The zero-order valence-electron chi connectivity index (χ0n) is 9.44. The number of benzene rings is 1. The molecule has 1 heterocycles. The number of esters is 1. The molecule has 0 aliphatic carbocycles. The average Bonchev–Trinajstić information content (AvgIpc) is 2.63. The Morgan fingerprint density at radius 1 is 1.31 bits per heavy atom. The van der Waals surface area contributed by atoms with Crippen molar-refractivity contribution in [2.75, 3.05) is 13.7 Å². The van der Waals surface area contributed by atoms with Crippen molar-refractivity contribution in [1.29, 1.82) is 0 Å². The van der Waals surface area contributed by atoms with Gasteiger partial charge >= 0.3 is 5.97 Å². The first-order chi connectivity index (χ1) is 7.83. The van der Waals surface area contributed by atoms with Crippen LogP contribution in [0.25, 0.3) is 0 Å². The van der Waals surface area contributed by atoms with E-state index in [0.717, 1.165) is 37.0 Å². The highest BCUT2D eigenvalue weighted by Gasteiger charge is 2.29. The molecule has 2 rings (SSSR count). The Hall–Kier alpha value is -1.35. The van der Waals surface area contributed by atoms with Crippen LogP contribution in [0.1, 0.15) is 41.3 Å². The standard InChI is InChI=1S/C13H16O3/c1-15-9-5-4-8-12-10-6-2-3-7-11(10)13(14)16-12/h2-3,6-7,12H,4-5,8-9H2,1H3. The number of cyclic esters (lactones) is 1. The fourth-order valence-corrected chi connectivity index (χ4v) is 2.01. The lowest BCUT2D eigenvalue weighted by Gasteiger charge is -2.09. The van der Waals surface area contributed by atoms with Gasteiger partial charge in [-0.2, -0.15) is 0 Å². The van der Waals surface area contributed by atoms with Crippen LogP contribution >= 0.6 is 0 Å². The summed E-state index contributed by atoms with van der Waals surface area (Å²) in [6, 6.07) is 7.62. The van der Waals surface area contributed by atoms with E-state index in [9.17, 15) is 4.79 Å². The van der Waals surface area contributed by atoms with Crippen LogP contribution in [0.5, 0.6) is 0 Å². The van der Waals surface area contributed by atoms with Gasteiger partial charge in [-0.25, -0.2) is 4.79 Å². The van der Waals surface area contributed by atoms with E-state index >= 15 is 0 Å². The van der Waals surface area contributed by atoms with E-state index in [2.05, 4.69) is 0 Å². The maximum Gasteiger partial charge on any atom is 0.339 e. The first-order valence-electron chi connectivity index (χ1n) is 5.62. The van der Waals surface area contributed by atoms with Crippen LogP contribution in [0.4, 0.5) is 0 Å². The highest BCUT2D eigenvalue weighted by Crippen LogP contribution is 2.33. The number of carbonyl (C=O) groups excluding carboxylic acids is 1. The van der Waals surface area contributed by atoms with Crippen LogP contribution in [0.15, 0.2) is 24.3 Å². The van der Waals surface area contributed by atoms with E-state index in [1.54, 1.807) is 7.11 Å². The summed E-state index contributed by atoms with van der Waals surface area (Å²) in [5.41, 5.74) is 1.75. The zero-order chi connectivity index (χ0) is 11.4. The minimum Gasteiger partial charge on any atom is -0.454 e. The maximum absolute atomic E-state index is 11.5. The highest BCUT2D eigenvalue weighted by molar-refractivity contribution is 5.93. The van der Waals surface area contributed by atoms with E-state index in [-0.39, 0.29) is 12.1 Å². The molecule has 0 saturated carbocycles. The summed E-state index contributed by atoms with van der Waals surface area (Å²) in [6.07, 6.45) is 2.85. The molecule has 3 nitrogen and oxygen atoms in total. The van der Waals surface area contributed by atoms with Crippen molar-refractivity contribution in [2.24, 2.45) is 0 Å². The lowest BCUT2D eigenvalue weighted by atomic mass is 10.0. The van der Waals surface area contributed by atoms with Crippen LogP contribution in [-0.2, 0) is 9.47 Å². The van der Waals surface area contributed by atoms with Gasteiger partial charge in [-0.3, -0.25) is 0 Å². The summed E-state index contributed by atoms with van der Waals surface area (Å²) < 4.78 is 10.3. The van der Waals surface area contributed by atoms with Gasteiger partial charge in [0.2, 0.25) is 0 Å². The Balaban J connectivity index is 1.96. The lowest BCUT2D eigenvalue weighted by Crippen LogP contribution is -1.99. The maximum atomic E-state index is 11.5. The van der Waals surface area contributed by atoms with Crippen molar-refractivity contribution >= 4 is 5.97 Å². The summed E-state index contributed by atoms with van der Waals surface area (Å²) in [5, 5.41) is 0. The smallest absolute Gasteiger partial charge is 0.339 e. The minimum atomic E-state index is -0.188. The highest BCUT2D eigenvalue weighted by atomic mass is 16.5. The van der Waals surface area contributed by atoms with Gasteiger partial charge in [-0.1, -0.05) is 18.2 Å².